The van der Waals surface area contributed by atoms with Gasteiger partial charge in [0, 0.05) is 42.0 Å². The van der Waals surface area contributed by atoms with Crippen molar-refractivity contribution >= 4 is 28.9 Å². The fraction of sp³-hybridized carbons (Fsp3) is 0.304. The minimum absolute atomic E-state index is 0.0637. The maximum Gasteiger partial charge on any atom is 0.517 e. The van der Waals surface area contributed by atoms with Crippen molar-refractivity contribution < 1.29 is 33.1 Å². The first kappa shape index (κ1) is 22.0. The van der Waals surface area contributed by atoms with Gasteiger partial charge in [-0.05, 0) is 42.5 Å². The van der Waals surface area contributed by atoms with Crippen LogP contribution in [-0.4, -0.2) is 34.8 Å². The highest BCUT2D eigenvalue weighted by molar-refractivity contribution is 5.87. The van der Waals surface area contributed by atoms with Crippen LogP contribution in [0.25, 0.3) is 10.9 Å². The van der Waals surface area contributed by atoms with Crippen molar-refractivity contribution in [2.45, 2.75) is 24.6 Å². The van der Waals surface area contributed by atoms with E-state index in [2.05, 4.69) is 0 Å². The average molecular weight is 446 g/mol. The summed E-state index contributed by atoms with van der Waals surface area (Å²) in [7, 11) is 1.61. The number of fused-ring (bicyclic) bond motifs is 1. The average Bonchev–Trinajstić information content (AvgIpc) is 3.53. The summed E-state index contributed by atoms with van der Waals surface area (Å²) in [6, 6.07) is 10.0. The van der Waals surface area contributed by atoms with Gasteiger partial charge in [-0.15, -0.1) is 0 Å². The van der Waals surface area contributed by atoms with Crippen molar-refractivity contribution in [1.29, 1.82) is 5.41 Å². The molecule has 0 saturated heterocycles. The molecule has 0 radical (unpaired) electrons. The maximum atomic E-state index is 14.3. The SMILES string of the molecule is Cn1cc(C(O)(c2ccc([NH2+]C(=O)OCC3CC3)c(C=N)c2)C(F)(F)F)c2ccccc21. The molecule has 1 unspecified atom stereocenters. The second-order valence-corrected chi connectivity index (χ2v) is 8.08. The van der Waals surface area contributed by atoms with Crippen LogP contribution in [0.15, 0.2) is 48.7 Å². The summed E-state index contributed by atoms with van der Waals surface area (Å²) in [5.74, 6) is 0.374. The number of rotatable bonds is 6. The summed E-state index contributed by atoms with van der Waals surface area (Å²) >= 11 is 0. The number of aryl methyl sites for hydroxylation is 1. The number of primary amides is 1. The summed E-state index contributed by atoms with van der Waals surface area (Å²) in [5.41, 5.74) is -3.21. The van der Waals surface area contributed by atoms with Crippen LogP contribution in [0.1, 0.15) is 29.5 Å². The summed E-state index contributed by atoms with van der Waals surface area (Å²) in [4.78, 5) is 12.0. The lowest BCUT2D eigenvalue weighted by Gasteiger charge is -2.31. The third kappa shape index (κ3) is 3.89. The number of quaternary nitrogens is 1. The number of carbonyl (C=O) groups excluding carboxylic acids is 1. The van der Waals surface area contributed by atoms with Crippen molar-refractivity contribution in [2.75, 3.05) is 6.61 Å². The lowest BCUT2D eigenvalue weighted by atomic mass is 9.84. The number of para-hydroxylation sites is 1. The van der Waals surface area contributed by atoms with E-state index in [-0.39, 0.29) is 22.2 Å². The van der Waals surface area contributed by atoms with Gasteiger partial charge in [0.25, 0.3) is 0 Å². The van der Waals surface area contributed by atoms with Crippen LogP contribution >= 0.6 is 0 Å². The zero-order chi connectivity index (χ0) is 23.1. The van der Waals surface area contributed by atoms with Gasteiger partial charge in [-0.3, -0.25) is 0 Å². The number of nitrogens with zero attached hydrogens (tertiary/aromatic N) is 1. The fourth-order valence-electron chi connectivity index (χ4n) is 3.81. The number of carbonyl (C=O) groups is 1. The van der Waals surface area contributed by atoms with E-state index in [1.807, 2.05) is 0 Å². The summed E-state index contributed by atoms with van der Waals surface area (Å²) in [5, 5.41) is 20.2. The number of aromatic nitrogens is 1. The quantitative estimate of drug-likeness (QED) is 0.398. The van der Waals surface area contributed by atoms with Gasteiger partial charge >= 0.3 is 12.3 Å². The standard InChI is InChI=1S/C23H22F3N3O3/c1-29-12-18(17-4-2-3-5-20(17)29)22(31,23(24,25)26)16-8-9-19(15(10-16)11-27)28-21(30)32-13-14-6-7-14/h2-5,8-12,14,27,31H,6-7,13H2,1H3,(H,28,30)/p+1. The Morgan fingerprint density at radius 2 is 2.00 bits per heavy atom. The second kappa shape index (κ2) is 8.07. The van der Waals surface area contributed by atoms with Gasteiger partial charge in [-0.25, -0.2) is 5.32 Å². The molecule has 4 rings (SSSR count). The summed E-state index contributed by atoms with van der Waals surface area (Å²) < 4.78 is 49.7. The molecule has 1 amide bonds. The molecule has 0 aliphatic heterocycles. The van der Waals surface area contributed by atoms with Crippen LogP contribution in [0.2, 0.25) is 0 Å². The Morgan fingerprint density at radius 3 is 2.66 bits per heavy atom. The highest BCUT2D eigenvalue weighted by Crippen LogP contribution is 2.47. The maximum absolute atomic E-state index is 14.3. The number of benzene rings is 2. The predicted octanol–water partition coefficient (Wildman–Crippen LogP) is 3.72. The highest BCUT2D eigenvalue weighted by atomic mass is 19.4. The van der Waals surface area contributed by atoms with E-state index in [1.54, 1.807) is 25.2 Å². The Kier molecular flexibility index (Phi) is 5.56. The van der Waals surface area contributed by atoms with Crippen molar-refractivity contribution in [2.24, 2.45) is 13.0 Å². The lowest BCUT2D eigenvalue weighted by Crippen LogP contribution is -2.82. The number of halogens is 3. The highest BCUT2D eigenvalue weighted by Gasteiger charge is 2.57. The van der Waals surface area contributed by atoms with Gasteiger partial charge in [0.1, 0.15) is 12.3 Å². The molecule has 32 heavy (non-hydrogen) atoms. The third-order valence-electron chi connectivity index (χ3n) is 5.79. The van der Waals surface area contributed by atoms with Gasteiger partial charge in [0.05, 0.1) is 5.56 Å². The van der Waals surface area contributed by atoms with Gasteiger partial charge in [-0.2, -0.15) is 18.0 Å². The molecule has 2 aromatic carbocycles. The van der Waals surface area contributed by atoms with Gasteiger partial charge in [-0.1, -0.05) is 18.2 Å². The minimum atomic E-state index is -5.04. The van der Waals surface area contributed by atoms with Crippen molar-refractivity contribution in [3.63, 3.8) is 0 Å². The molecule has 168 valence electrons. The van der Waals surface area contributed by atoms with E-state index in [4.69, 9.17) is 10.1 Å². The smallest absolute Gasteiger partial charge is 0.420 e. The number of amides is 1. The molecular formula is C23H23F3N3O3+. The van der Waals surface area contributed by atoms with Gasteiger partial charge in [0.2, 0.25) is 5.60 Å². The van der Waals surface area contributed by atoms with Crippen LogP contribution in [0.3, 0.4) is 0 Å². The first-order valence-electron chi connectivity index (χ1n) is 10.2. The van der Waals surface area contributed by atoms with Gasteiger partial charge in [0.15, 0.2) is 0 Å². The largest absolute Gasteiger partial charge is 0.517 e. The van der Waals surface area contributed by atoms with E-state index < -0.39 is 23.4 Å². The van der Waals surface area contributed by atoms with Gasteiger partial charge < -0.3 is 19.8 Å². The molecule has 1 atom stereocenters. The van der Waals surface area contributed by atoms with Crippen molar-refractivity contribution in [3.8, 4) is 0 Å². The molecule has 4 N–H and O–H groups in total. The summed E-state index contributed by atoms with van der Waals surface area (Å²) in [6.45, 7) is 0.308. The van der Waals surface area contributed by atoms with E-state index >= 15 is 0 Å². The van der Waals surface area contributed by atoms with E-state index in [0.717, 1.165) is 36.5 Å². The lowest BCUT2D eigenvalue weighted by molar-refractivity contribution is -0.483. The first-order valence-corrected chi connectivity index (χ1v) is 10.2. The second-order valence-electron chi connectivity index (χ2n) is 8.08. The monoisotopic (exact) mass is 446 g/mol. The Labute approximate surface area is 182 Å². The van der Waals surface area contributed by atoms with Crippen LogP contribution in [0.4, 0.5) is 23.7 Å². The van der Waals surface area contributed by atoms with Crippen LogP contribution < -0.4 is 5.32 Å². The number of ether oxygens (including phenoxy) is 1. The molecule has 6 nitrogen and oxygen atoms in total. The number of alkyl halides is 3. The number of hydrogen-bond donors (Lipinski definition) is 3. The number of nitrogens with two attached hydrogens (primary N) is 1. The van der Waals surface area contributed by atoms with E-state index in [1.165, 1.54) is 22.9 Å². The number of nitrogens with one attached hydrogen (secondary N) is 1. The van der Waals surface area contributed by atoms with Crippen molar-refractivity contribution in [1.82, 2.24) is 4.57 Å². The fourth-order valence-corrected chi connectivity index (χ4v) is 3.81. The zero-order valence-corrected chi connectivity index (χ0v) is 17.3. The molecule has 3 aromatic rings. The topological polar surface area (TPSA) is 91.9 Å². The Morgan fingerprint density at radius 1 is 1.28 bits per heavy atom. The van der Waals surface area contributed by atoms with E-state index in [9.17, 15) is 23.1 Å². The number of hydrogen-bond acceptors (Lipinski definition) is 4. The van der Waals surface area contributed by atoms with Crippen LogP contribution in [0, 0.1) is 11.3 Å². The zero-order valence-electron chi connectivity index (χ0n) is 17.3. The molecule has 1 aliphatic carbocycles. The molecule has 1 saturated carbocycles. The molecular weight excluding hydrogens is 423 g/mol. The van der Waals surface area contributed by atoms with Crippen molar-refractivity contribution in [3.05, 3.63) is 65.4 Å². The molecule has 1 fully saturated rings. The molecule has 9 heteroatoms. The molecule has 1 heterocycles. The third-order valence-corrected chi connectivity index (χ3v) is 5.79. The first-order chi connectivity index (χ1) is 15.1. The number of aliphatic hydroxyl groups is 1. The van der Waals surface area contributed by atoms with Crippen LogP contribution in [0.5, 0.6) is 0 Å². The summed E-state index contributed by atoms with van der Waals surface area (Å²) in [6.07, 6.45) is -1.52. The normalized spacial score (nSPS) is 16.0. The minimum Gasteiger partial charge on any atom is -0.420 e. The van der Waals surface area contributed by atoms with Crippen LogP contribution in [-0.2, 0) is 17.4 Å². The Hall–Kier alpha value is -3.17. The Bertz CT molecular complexity index is 1180. The van der Waals surface area contributed by atoms with E-state index in [0.29, 0.717) is 18.0 Å². The molecule has 0 spiro atoms. The Balaban J connectivity index is 1.75. The molecule has 1 aromatic heterocycles. The molecule has 0 bridgehead atoms. The predicted molar refractivity (Wildman–Crippen MR) is 112 cm³/mol. The molecule has 1 aliphatic rings.